The molecule has 2 rings (SSSR count). The molecule has 2 heterocycles. The normalized spacial score (nSPS) is 19.6. The molecule has 1 aromatic heterocycles. The highest BCUT2D eigenvalue weighted by Crippen LogP contribution is 2.24. The first-order valence-electron chi connectivity index (χ1n) is 7.54. The predicted octanol–water partition coefficient (Wildman–Crippen LogP) is 2.80. The molecule has 1 N–H and O–H groups in total. The van der Waals surface area contributed by atoms with Crippen LogP contribution in [0.4, 0.5) is 5.82 Å². The topological polar surface area (TPSA) is 41.0 Å². The van der Waals surface area contributed by atoms with Gasteiger partial charge in [-0.1, -0.05) is 13.8 Å². The fourth-order valence-electron chi connectivity index (χ4n) is 2.65. The fourth-order valence-corrected chi connectivity index (χ4v) is 3.03. The lowest BCUT2D eigenvalue weighted by Crippen LogP contribution is -2.46. The minimum atomic E-state index is 0.562. The molecular weight excluding hydrogens is 268 g/mol. The molecule has 1 fully saturated rings. The Morgan fingerprint density at radius 2 is 2.25 bits per heavy atom. The van der Waals surface area contributed by atoms with Gasteiger partial charge in [0.1, 0.15) is 17.2 Å². The summed E-state index contributed by atoms with van der Waals surface area (Å²) in [6.07, 6.45) is 7.59. The van der Waals surface area contributed by atoms with Crippen LogP contribution in [0.3, 0.4) is 0 Å². The molecule has 112 valence electrons. The molecule has 0 amide bonds. The Morgan fingerprint density at radius 3 is 3.00 bits per heavy atom. The fraction of sp³-hybridized carbons (Fsp3) is 0.733. The molecule has 0 spiro atoms. The lowest BCUT2D eigenvalue weighted by Gasteiger charge is -2.37. The molecule has 0 aromatic carbocycles. The number of anilines is 1. The monoisotopic (exact) mass is 294 g/mol. The summed E-state index contributed by atoms with van der Waals surface area (Å²) in [6.45, 7) is 7.75. The third-order valence-corrected chi connectivity index (χ3v) is 4.33. The first-order valence-corrected chi connectivity index (χ1v) is 8.76. The maximum Gasteiger partial charge on any atom is 0.133 e. The molecule has 1 saturated heterocycles. The summed E-state index contributed by atoms with van der Waals surface area (Å²) in [5.74, 6) is 1.79. The Balaban J connectivity index is 2.01. The van der Waals surface area contributed by atoms with E-state index in [9.17, 15) is 0 Å². The second-order valence-electron chi connectivity index (χ2n) is 5.81. The lowest BCUT2D eigenvalue weighted by molar-refractivity contribution is 0.420. The number of rotatable bonds is 6. The van der Waals surface area contributed by atoms with Gasteiger partial charge in [0.25, 0.3) is 0 Å². The van der Waals surface area contributed by atoms with E-state index in [1.54, 1.807) is 18.1 Å². The number of nitrogens with zero attached hydrogens (tertiary/aromatic N) is 3. The second kappa shape index (κ2) is 7.84. The van der Waals surface area contributed by atoms with E-state index < -0.39 is 0 Å². The van der Waals surface area contributed by atoms with Crippen LogP contribution in [0.15, 0.2) is 17.4 Å². The molecule has 0 saturated carbocycles. The van der Waals surface area contributed by atoms with E-state index in [1.165, 1.54) is 19.3 Å². The number of hydrogen-bond donors (Lipinski definition) is 1. The molecule has 0 bridgehead atoms. The van der Waals surface area contributed by atoms with Gasteiger partial charge in [-0.05, 0) is 38.0 Å². The number of thioether (sulfide) groups is 1. The van der Waals surface area contributed by atoms with Crippen molar-refractivity contribution in [2.45, 2.75) is 44.2 Å². The van der Waals surface area contributed by atoms with E-state index >= 15 is 0 Å². The minimum absolute atomic E-state index is 0.562. The van der Waals surface area contributed by atoms with Gasteiger partial charge < -0.3 is 10.2 Å². The van der Waals surface area contributed by atoms with Crippen LogP contribution < -0.4 is 10.2 Å². The van der Waals surface area contributed by atoms with Crippen LogP contribution in [0.5, 0.6) is 0 Å². The third-order valence-electron chi connectivity index (χ3n) is 3.69. The molecule has 1 atom stereocenters. The molecule has 0 radical (unpaired) electrons. The molecule has 0 aliphatic carbocycles. The maximum absolute atomic E-state index is 4.48. The van der Waals surface area contributed by atoms with Crippen molar-refractivity contribution < 1.29 is 0 Å². The molecule has 1 aliphatic rings. The van der Waals surface area contributed by atoms with Crippen molar-refractivity contribution in [3.63, 3.8) is 0 Å². The number of aromatic nitrogens is 2. The third kappa shape index (κ3) is 4.35. The molecule has 20 heavy (non-hydrogen) atoms. The Labute approximate surface area is 126 Å². The predicted molar refractivity (Wildman–Crippen MR) is 86.5 cm³/mol. The van der Waals surface area contributed by atoms with E-state index in [1.807, 2.05) is 0 Å². The van der Waals surface area contributed by atoms with Crippen LogP contribution in [-0.4, -0.2) is 41.9 Å². The van der Waals surface area contributed by atoms with Gasteiger partial charge in [-0.25, -0.2) is 9.97 Å². The van der Waals surface area contributed by atoms with Crippen LogP contribution in [-0.2, 0) is 0 Å². The zero-order valence-corrected chi connectivity index (χ0v) is 13.6. The lowest BCUT2D eigenvalue weighted by atomic mass is 10.0. The van der Waals surface area contributed by atoms with Gasteiger partial charge in [0.15, 0.2) is 0 Å². The Bertz CT molecular complexity index is 411. The Kier molecular flexibility index (Phi) is 6.10. The van der Waals surface area contributed by atoms with Crippen LogP contribution in [0, 0.1) is 5.92 Å². The van der Waals surface area contributed by atoms with Gasteiger partial charge in [0.2, 0.25) is 0 Å². The number of hydrogen-bond acceptors (Lipinski definition) is 5. The van der Waals surface area contributed by atoms with Crippen molar-refractivity contribution in [1.29, 1.82) is 0 Å². The number of nitrogens with one attached hydrogen (secondary N) is 1. The summed E-state index contributed by atoms with van der Waals surface area (Å²) in [5, 5.41) is 4.64. The molecular formula is C15H26N4S. The number of piperidine rings is 1. The molecule has 1 aromatic rings. The van der Waals surface area contributed by atoms with Gasteiger partial charge in [-0.3, -0.25) is 0 Å². The first-order chi connectivity index (χ1) is 9.70. The van der Waals surface area contributed by atoms with E-state index in [0.29, 0.717) is 12.0 Å². The zero-order valence-electron chi connectivity index (χ0n) is 12.8. The zero-order chi connectivity index (χ0) is 14.4. The van der Waals surface area contributed by atoms with Gasteiger partial charge in [-0.15, -0.1) is 11.8 Å². The quantitative estimate of drug-likeness (QED) is 0.645. The average molecular weight is 294 g/mol. The van der Waals surface area contributed by atoms with Crippen LogP contribution in [0.2, 0.25) is 0 Å². The van der Waals surface area contributed by atoms with E-state index in [2.05, 4.69) is 46.4 Å². The summed E-state index contributed by atoms with van der Waals surface area (Å²) < 4.78 is 0. The standard InChI is InChI=1S/C15H26N4S/c1-12(2)9-16-10-13-6-4-5-7-19(13)14-8-15(20-3)18-11-17-14/h8,11-13,16H,4-7,9-10H2,1-3H3. The molecule has 4 nitrogen and oxygen atoms in total. The summed E-state index contributed by atoms with van der Waals surface area (Å²) in [7, 11) is 0. The van der Waals surface area contributed by atoms with Gasteiger partial charge in [0, 0.05) is 25.2 Å². The second-order valence-corrected chi connectivity index (χ2v) is 6.64. The highest BCUT2D eigenvalue weighted by Gasteiger charge is 2.23. The van der Waals surface area contributed by atoms with Crippen molar-refractivity contribution >= 4 is 17.6 Å². The SMILES string of the molecule is CSc1cc(N2CCCCC2CNCC(C)C)ncn1. The molecule has 1 unspecified atom stereocenters. The summed E-state index contributed by atoms with van der Waals surface area (Å²) in [5.41, 5.74) is 0. The molecule has 1 aliphatic heterocycles. The first kappa shape index (κ1) is 15.6. The minimum Gasteiger partial charge on any atom is -0.352 e. The van der Waals surface area contributed by atoms with Crippen LogP contribution in [0.25, 0.3) is 0 Å². The molecule has 5 heteroatoms. The van der Waals surface area contributed by atoms with Gasteiger partial charge in [-0.2, -0.15) is 0 Å². The smallest absolute Gasteiger partial charge is 0.133 e. The Hall–Kier alpha value is -0.810. The summed E-state index contributed by atoms with van der Waals surface area (Å²) in [6, 6.07) is 2.68. The highest BCUT2D eigenvalue weighted by atomic mass is 32.2. The van der Waals surface area contributed by atoms with Crippen molar-refractivity contribution in [3.05, 3.63) is 12.4 Å². The van der Waals surface area contributed by atoms with Crippen molar-refractivity contribution in [1.82, 2.24) is 15.3 Å². The highest BCUT2D eigenvalue weighted by molar-refractivity contribution is 7.98. The van der Waals surface area contributed by atoms with E-state index in [4.69, 9.17) is 0 Å². The van der Waals surface area contributed by atoms with E-state index in [-0.39, 0.29) is 0 Å². The largest absolute Gasteiger partial charge is 0.352 e. The van der Waals surface area contributed by atoms with Crippen LogP contribution in [0.1, 0.15) is 33.1 Å². The van der Waals surface area contributed by atoms with Crippen molar-refractivity contribution in [3.8, 4) is 0 Å². The van der Waals surface area contributed by atoms with Crippen molar-refractivity contribution in [2.24, 2.45) is 5.92 Å². The van der Waals surface area contributed by atoms with Gasteiger partial charge in [0.05, 0.1) is 0 Å². The summed E-state index contributed by atoms with van der Waals surface area (Å²) >= 11 is 1.68. The summed E-state index contributed by atoms with van der Waals surface area (Å²) in [4.78, 5) is 11.2. The van der Waals surface area contributed by atoms with Crippen LogP contribution >= 0.6 is 11.8 Å². The van der Waals surface area contributed by atoms with E-state index in [0.717, 1.165) is 30.5 Å². The average Bonchev–Trinajstić information content (AvgIpc) is 2.47. The van der Waals surface area contributed by atoms with Crippen molar-refractivity contribution in [2.75, 3.05) is 30.8 Å². The Morgan fingerprint density at radius 1 is 1.40 bits per heavy atom. The maximum atomic E-state index is 4.48. The van der Waals surface area contributed by atoms with Gasteiger partial charge >= 0.3 is 0 Å².